The van der Waals surface area contributed by atoms with Crippen LogP contribution in [0.5, 0.6) is 0 Å². The Balaban J connectivity index is 1.98. The van der Waals surface area contributed by atoms with Crippen molar-refractivity contribution >= 4 is 17.7 Å². The van der Waals surface area contributed by atoms with E-state index in [1.54, 1.807) is 0 Å². The molecule has 1 atom stereocenters. The lowest BCUT2D eigenvalue weighted by atomic mass is 9.91. The predicted octanol–water partition coefficient (Wildman–Crippen LogP) is 2.10. The Morgan fingerprint density at radius 2 is 2.07 bits per heavy atom. The first-order valence-corrected chi connectivity index (χ1v) is 6.91. The quantitative estimate of drug-likeness (QED) is 0.687. The number of hydrogen-bond acceptors (Lipinski definition) is 3. The normalized spacial score (nSPS) is 20.1. The average Bonchev–Trinajstić information content (AvgIpc) is 2.25. The van der Waals surface area contributed by atoms with Gasteiger partial charge in [-0.2, -0.15) is 11.8 Å². The van der Waals surface area contributed by atoms with E-state index in [4.69, 9.17) is 10.8 Å². The van der Waals surface area contributed by atoms with Crippen LogP contribution in [0.1, 0.15) is 38.5 Å². The van der Waals surface area contributed by atoms with E-state index in [2.05, 4.69) is 0 Å². The van der Waals surface area contributed by atoms with Crippen molar-refractivity contribution in [1.82, 2.24) is 0 Å². The Morgan fingerprint density at radius 1 is 1.40 bits per heavy atom. The van der Waals surface area contributed by atoms with E-state index in [9.17, 15) is 4.79 Å². The van der Waals surface area contributed by atoms with Gasteiger partial charge in [0, 0.05) is 0 Å². The van der Waals surface area contributed by atoms with Gasteiger partial charge in [-0.05, 0) is 36.7 Å². The van der Waals surface area contributed by atoms with Crippen molar-refractivity contribution < 1.29 is 9.90 Å². The molecule has 0 amide bonds. The first kappa shape index (κ1) is 12.8. The molecule has 1 aliphatic rings. The summed E-state index contributed by atoms with van der Waals surface area (Å²) in [6.07, 6.45) is 7.45. The lowest BCUT2D eigenvalue weighted by molar-refractivity contribution is -0.138. The standard InChI is InChI=1S/C11H21NO2S/c12-10(11(13)14)6-7-15-8-9-4-2-1-3-5-9/h9-10H,1-8,12H2,(H,13,14). The first-order chi connectivity index (χ1) is 7.20. The number of carboxylic acids is 1. The summed E-state index contributed by atoms with van der Waals surface area (Å²) in [5.41, 5.74) is 5.42. The zero-order valence-electron chi connectivity index (χ0n) is 9.15. The van der Waals surface area contributed by atoms with E-state index in [0.717, 1.165) is 11.7 Å². The molecule has 88 valence electrons. The number of hydrogen-bond donors (Lipinski definition) is 2. The van der Waals surface area contributed by atoms with E-state index in [-0.39, 0.29) is 0 Å². The van der Waals surface area contributed by atoms with Gasteiger partial charge in [0.15, 0.2) is 0 Å². The minimum Gasteiger partial charge on any atom is -0.480 e. The number of carbonyl (C=O) groups is 1. The summed E-state index contributed by atoms with van der Waals surface area (Å²) in [5.74, 6) is 2.05. The highest BCUT2D eigenvalue weighted by molar-refractivity contribution is 7.99. The fourth-order valence-corrected chi connectivity index (χ4v) is 3.19. The van der Waals surface area contributed by atoms with Crippen LogP contribution in [-0.2, 0) is 4.79 Å². The third-order valence-electron chi connectivity index (χ3n) is 2.97. The van der Waals surface area contributed by atoms with Crippen molar-refractivity contribution in [2.45, 2.75) is 44.6 Å². The molecule has 3 nitrogen and oxygen atoms in total. The van der Waals surface area contributed by atoms with Gasteiger partial charge in [0.05, 0.1) is 0 Å². The molecule has 1 fully saturated rings. The highest BCUT2D eigenvalue weighted by atomic mass is 32.2. The maximum atomic E-state index is 10.5. The summed E-state index contributed by atoms with van der Waals surface area (Å²) < 4.78 is 0. The van der Waals surface area contributed by atoms with Crippen LogP contribution in [0.4, 0.5) is 0 Å². The van der Waals surface area contributed by atoms with Crippen LogP contribution >= 0.6 is 11.8 Å². The minimum absolute atomic E-state index is 0.590. The molecule has 15 heavy (non-hydrogen) atoms. The molecule has 0 heterocycles. The average molecular weight is 231 g/mol. The molecule has 1 rings (SSSR count). The van der Waals surface area contributed by atoms with Gasteiger partial charge in [-0.3, -0.25) is 4.79 Å². The van der Waals surface area contributed by atoms with Crippen LogP contribution in [0, 0.1) is 5.92 Å². The molecule has 0 radical (unpaired) electrons. The Labute approximate surface area is 95.8 Å². The van der Waals surface area contributed by atoms with Gasteiger partial charge in [-0.15, -0.1) is 0 Å². The largest absolute Gasteiger partial charge is 0.480 e. The fraction of sp³-hybridized carbons (Fsp3) is 0.909. The molecule has 0 spiro atoms. The first-order valence-electron chi connectivity index (χ1n) is 5.76. The molecule has 0 bridgehead atoms. The van der Waals surface area contributed by atoms with Crippen molar-refractivity contribution in [1.29, 1.82) is 0 Å². The molecule has 1 aliphatic carbocycles. The third kappa shape index (κ3) is 5.42. The summed E-state index contributed by atoms with van der Waals surface area (Å²) >= 11 is 1.86. The zero-order chi connectivity index (χ0) is 11.1. The second-order valence-electron chi connectivity index (χ2n) is 4.31. The van der Waals surface area contributed by atoms with Crippen molar-refractivity contribution in [3.63, 3.8) is 0 Å². The molecular formula is C11H21NO2S. The maximum absolute atomic E-state index is 10.5. The summed E-state index contributed by atoms with van der Waals surface area (Å²) in [4.78, 5) is 10.5. The van der Waals surface area contributed by atoms with Crippen molar-refractivity contribution in [3.8, 4) is 0 Å². The highest BCUT2D eigenvalue weighted by Gasteiger charge is 2.14. The molecular weight excluding hydrogens is 210 g/mol. The van der Waals surface area contributed by atoms with Gasteiger partial charge in [0.2, 0.25) is 0 Å². The molecule has 0 aromatic heterocycles. The molecule has 1 saturated carbocycles. The molecule has 3 N–H and O–H groups in total. The Hall–Kier alpha value is -0.220. The summed E-state index contributed by atoms with van der Waals surface area (Å²) in [7, 11) is 0. The summed E-state index contributed by atoms with van der Waals surface area (Å²) in [5, 5.41) is 8.60. The highest BCUT2D eigenvalue weighted by Crippen LogP contribution is 2.26. The van der Waals surface area contributed by atoms with Gasteiger partial charge < -0.3 is 10.8 Å². The van der Waals surface area contributed by atoms with Crippen LogP contribution in [0.2, 0.25) is 0 Å². The molecule has 0 aromatic carbocycles. The van der Waals surface area contributed by atoms with Crippen molar-refractivity contribution in [3.05, 3.63) is 0 Å². The van der Waals surface area contributed by atoms with Gasteiger partial charge in [0.25, 0.3) is 0 Å². The topological polar surface area (TPSA) is 63.3 Å². The third-order valence-corrected chi connectivity index (χ3v) is 4.20. The Kier molecular flexibility index (Phi) is 6.10. The summed E-state index contributed by atoms with van der Waals surface area (Å²) in [6, 6.07) is -0.677. The lowest BCUT2D eigenvalue weighted by Gasteiger charge is -2.21. The minimum atomic E-state index is -0.881. The summed E-state index contributed by atoms with van der Waals surface area (Å²) in [6.45, 7) is 0. The fourth-order valence-electron chi connectivity index (χ4n) is 1.94. The van der Waals surface area contributed by atoms with E-state index < -0.39 is 12.0 Å². The monoisotopic (exact) mass is 231 g/mol. The van der Waals surface area contributed by atoms with E-state index in [1.807, 2.05) is 11.8 Å². The van der Waals surface area contributed by atoms with Crippen LogP contribution in [0.15, 0.2) is 0 Å². The number of rotatable bonds is 6. The van der Waals surface area contributed by atoms with E-state index in [1.165, 1.54) is 37.9 Å². The van der Waals surface area contributed by atoms with Crippen LogP contribution in [-0.4, -0.2) is 28.6 Å². The molecule has 0 saturated heterocycles. The SMILES string of the molecule is NC(CCSCC1CCCCC1)C(=O)O. The Bertz CT molecular complexity index is 193. The van der Waals surface area contributed by atoms with Gasteiger partial charge in [0.1, 0.15) is 6.04 Å². The Morgan fingerprint density at radius 3 is 2.67 bits per heavy atom. The number of nitrogens with two attached hydrogens (primary N) is 1. The molecule has 0 aliphatic heterocycles. The molecule has 1 unspecified atom stereocenters. The van der Waals surface area contributed by atoms with Crippen LogP contribution < -0.4 is 5.73 Å². The smallest absolute Gasteiger partial charge is 0.320 e. The number of aliphatic carboxylic acids is 1. The second kappa shape index (κ2) is 7.12. The second-order valence-corrected chi connectivity index (χ2v) is 5.46. The number of carboxylic acid groups (broad SMARTS) is 1. The van der Waals surface area contributed by atoms with Gasteiger partial charge in [-0.1, -0.05) is 19.3 Å². The predicted molar refractivity (Wildman–Crippen MR) is 64.1 cm³/mol. The lowest BCUT2D eigenvalue weighted by Crippen LogP contribution is -2.30. The van der Waals surface area contributed by atoms with E-state index in [0.29, 0.717) is 6.42 Å². The van der Waals surface area contributed by atoms with Crippen molar-refractivity contribution in [2.24, 2.45) is 11.7 Å². The number of thioether (sulfide) groups is 1. The zero-order valence-corrected chi connectivity index (χ0v) is 9.97. The molecule has 4 heteroatoms. The van der Waals surface area contributed by atoms with E-state index >= 15 is 0 Å². The van der Waals surface area contributed by atoms with Crippen LogP contribution in [0.25, 0.3) is 0 Å². The van der Waals surface area contributed by atoms with Crippen LogP contribution in [0.3, 0.4) is 0 Å². The van der Waals surface area contributed by atoms with Gasteiger partial charge >= 0.3 is 5.97 Å². The maximum Gasteiger partial charge on any atom is 0.320 e. The van der Waals surface area contributed by atoms with Gasteiger partial charge in [-0.25, -0.2) is 0 Å². The van der Waals surface area contributed by atoms with Crippen molar-refractivity contribution in [2.75, 3.05) is 11.5 Å². The molecule has 0 aromatic rings.